The lowest BCUT2D eigenvalue weighted by Crippen LogP contribution is -2.51. The van der Waals surface area contributed by atoms with Crippen molar-refractivity contribution in [2.24, 2.45) is 5.92 Å². The Morgan fingerprint density at radius 3 is 2.64 bits per heavy atom. The summed E-state index contributed by atoms with van der Waals surface area (Å²) in [6.07, 6.45) is 0. The monoisotopic (exact) mass is 306 g/mol. The molecule has 2 rings (SSSR count). The molecule has 1 fully saturated rings. The molecule has 1 amide bonds. The molecule has 1 atom stereocenters. The van der Waals surface area contributed by atoms with E-state index in [0.29, 0.717) is 29.8 Å². The minimum atomic E-state index is -0.0867. The summed E-state index contributed by atoms with van der Waals surface area (Å²) < 4.78 is 10.7. The van der Waals surface area contributed by atoms with Crippen molar-refractivity contribution in [2.75, 3.05) is 40.0 Å². The van der Waals surface area contributed by atoms with Gasteiger partial charge in [-0.1, -0.05) is 26.0 Å². The minimum Gasteiger partial charge on any atom is -0.496 e. The van der Waals surface area contributed by atoms with Crippen LogP contribution in [0.25, 0.3) is 0 Å². The third-order valence-corrected chi connectivity index (χ3v) is 4.11. The number of hydrogen-bond acceptors (Lipinski definition) is 4. The van der Waals surface area contributed by atoms with Crippen LogP contribution in [0.2, 0.25) is 0 Å². The molecule has 5 heteroatoms. The van der Waals surface area contributed by atoms with Gasteiger partial charge in [-0.15, -0.1) is 0 Å². The van der Waals surface area contributed by atoms with Crippen molar-refractivity contribution in [2.45, 2.75) is 19.9 Å². The molecule has 1 aliphatic rings. The molecule has 1 N–H and O–H groups in total. The largest absolute Gasteiger partial charge is 0.496 e. The summed E-state index contributed by atoms with van der Waals surface area (Å²) >= 11 is 0. The van der Waals surface area contributed by atoms with Crippen LogP contribution < -0.4 is 10.1 Å². The molecule has 122 valence electrons. The van der Waals surface area contributed by atoms with Crippen LogP contribution >= 0.6 is 0 Å². The Kier molecular flexibility index (Phi) is 6.21. The molecule has 1 heterocycles. The molecular weight excluding hydrogens is 280 g/mol. The second kappa shape index (κ2) is 8.15. The first-order valence-electron chi connectivity index (χ1n) is 7.86. The third kappa shape index (κ3) is 4.21. The Morgan fingerprint density at radius 1 is 1.32 bits per heavy atom. The number of nitrogens with zero attached hydrogens (tertiary/aromatic N) is 1. The Morgan fingerprint density at radius 2 is 2.00 bits per heavy atom. The summed E-state index contributed by atoms with van der Waals surface area (Å²) in [6, 6.07) is 7.62. The molecule has 0 spiro atoms. The number of benzene rings is 1. The smallest absolute Gasteiger partial charge is 0.255 e. The lowest BCUT2D eigenvalue weighted by molar-refractivity contribution is 0.00672. The fourth-order valence-electron chi connectivity index (χ4n) is 2.82. The first-order chi connectivity index (χ1) is 10.6. The molecule has 0 aromatic heterocycles. The van der Waals surface area contributed by atoms with Crippen LogP contribution in [0.1, 0.15) is 24.2 Å². The number of hydrogen-bond donors (Lipinski definition) is 1. The molecular formula is C17H26N2O3. The van der Waals surface area contributed by atoms with Gasteiger partial charge in [-0.3, -0.25) is 9.69 Å². The Bertz CT molecular complexity index is 485. The summed E-state index contributed by atoms with van der Waals surface area (Å²) in [4.78, 5) is 14.8. The maximum absolute atomic E-state index is 12.4. The van der Waals surface area contributed by atoms with E-state index in [1.165, 1.54) is 0 Å². The summed E-state index contributed by atoms with van der Waals surface area (Å²) in [6.45, 7) is 8.40. The molecule has 5 nitrogen and oxygen atoms in total. The van der Waals surface area contributed by atoms with Crippen molar-refractivity contribution in [3.63, 3.8) is 0 Å². The maximum atomic E-state index is 12.4. The van der Waals surface area contributed by atoms with Crippen LogP contribution in [0.5, 0.6) is 5.75 Å². The van der Waals surface area contributed by atoms with Gasteiger partial charge in [0.15, 0.2) is 0 Å². The maximum Gasteiger partial charge on any atom is 0.255 e. The van der Waals surface area contributed by atoms with Gasteiger partial charge in [0.25, 0.3) is 5.91 Å². The van der Waals surface area contributed by atoms with Crippen LogP contribution in [0, 0.1) is 5.92 Å². The van der Waals surface area contributed by atoms with Crippen molar-refractivity contribution in [1.82, 2.24) is 10.2 Å². The molecule has 1 unspecified atom stereocenters. The molecule has 1 aromatic rings. The van der Waals surface area contributed by atoms with E-state index in [2.05, 4.69) is 24.1 Å². The second-order valence-corrected chi connectivity index (χ2v) is 5.87. The van der Waals surface area contributed by atoms with E-state index in [4.69, 9.17) is 9.47 Å². The summed E-state index contributed by atoms with van der Waals surface area (Å²) in [5, 5.41) is 3.05. The van der Waals surface area contributed by atoms with E-state index in [1.807, 2.05) is 12.1 Å². The number of methoxy groups -OCH3 is 1. The van der Waals surface area contributed by atoms with Gasteiger partial charge < -0.3 is 14.8 Å². The molecule has 22 heavy (non-hydrogen) atoms. The van der Waals surface area contributed by atoms with Gasteiger partial charge >= 0.3 is 0 Å². The van der Waals surface area contributed by atoms with Crippen molar-refractivity contribution < 1.29 is 14.3 Å². The average molecular weight is 306 g/mol. The van der Waals surface area contributed by atoms with E-state index >= 15 is 0 Å². The number of amides is 1. The van der Waals surface area contributed by atoms with Crippen molar-refractivity contribution >= 4 is 5.91 Å². The van der Waals surface area contributed by atoms with E-state index in [-0.39, 0.29) is 5.91 Å². The lowest BCUT2D eigenvalue weighted by Gasteiger charge is -2.36. The van der Waals surface area contributed by atoms with Gasteiger partial charge in [0.05, 0.1) is 25.9 Å². The van der Waals surface area contributed by atoms with Gasteiger partial charge in [0, 0.05) is 25.7 Å². The molecule has 0 saturated carbocycles. The molecule has 1 aliphatic heterocycles. The number of morpholine rings is 1. The van der Waals surface area contributed by atoms with E-state index in [9.17, 15) is 4.79 Å². The summed E-state index contributed by atoms with van der Waals surface area (Å²) in [7, 11) is 1.58. The van der Waals surface area contributed by atoms with Gasteiger partial charge in [0.1, 0.15) is 5.75 Å². The van der Waals surface area contributed by atoms with Gasteiger partial charge in [-0.25, -0.2) is 0 Å². The highest BCUT2D eigenvalue weighted by molar-refractivity contribution is 5.96. The zero-order valence-corrected chi connectivity index (χ0v) is 13.7. The topological polar surface area (TPSA) is 50.8 Å². The SMILES string of the molecule is COc1ccccc1C(=O)NCC(C(C)C)N1CCOCC1. The Labute approximate surface area is 132 Å². The highest BCUT2D eigenvalue weighted by Crippen LogP contribution is 2.17. The van der Waals surface area contributed by atoms with Crippen molar-refractivity contribution in [3.05, 3.63) is 29.8 Å². The van der Waals surface area contributed by atoms with E-state index in [0.717, 1.165) is 26.3 Å². The quantitative estimate of drug-likeness (QED) is 0.870. The van der Waals surface area contributed by atoms with Crippen LogP contribution in [0.3, 0.4) is 0 Å². The van der Waals surface area contributed by atoms with Crippen LogP contribution in [0.15, 0.2) is 24.3 Å². The average Bonchev–Trinajstić information content (AvgIpc) is 2.55. The molecule has 0 radical (unpaired) electrons. The number of para-hydroxylation sites is 1. The second-order valence-electron chi connectivity index (χ2n) is 5.87. The lowest BCUT2D eigenvalue weighted by atomic mass is 10.0. The first kappa shape index (κ1) is 16.8. The molecule has 1 saturated heterocycles. The number of carbonyl (C=O) groups excluding carboxylic acids is 1. The zero-order chi connectivity index (χ0) is 15.9. The predicted octanol–water partition coefficient (Wildman–Crippen LogP) is 1.78. The standard InChI is InChI=1S/C17H26N2O3/c1-13(2)15(19-8-10-22-11-9-19)12-18-17(20)14-6-4-5-7-16(14)21-3/h4-7,13,15H,8-12H2,1-3H3,(H,18,20). The molecule has 0 bridgehead atoms. The van der Waals surface area contributed by atoms with Crippen molar-refractivity contribution in [1.29, 1.82) is 0 Å². The first-order valence-corrected chi connectivity index (χ1v) is 7.86. The van der Waals surface area contributed by atoms with Crippen LogP contribution in [-0.2, 0) is 4.74 Å². The van der Waals surface area contributed by atoms with E-state index in [1.54, 1.807) is 19.2 Å². The summed E-state index contributed by atoms with van der Waals surface area (Å²) in [5.41, 5.74) is 0.578. The van der Waals surface area contributed by atoms with Gasteiger partial charge in [-0.05, 0) is 18.1 Å². The number of ether oxygens (including phenoxy) is 2. The van der Waals surface area contributed by atoms with Crippen LogP contribution in [0.4, 0.5) is 0 Å². The highest BCUT2D eigenvalue weighted by Gasteiger charge is 2.24. The summed E-state index contributed by atoms with van der Waals surface area (Å²) in [5.74, 6) is 0.986. The zero-order valence-electron chi connectivity index (χ0n) is 13.7. The number of rotatable bonds is 6. The molecule has 1 aromatic carbocycles. The van der Waals surface area contributed by atoms with Gasteiger partial charge in [0.2, 0.25) is 0 Å². The fraction of sp³-hybridized carbons (Fsp3) is 0.588. The molecule has 0 aliphatic carbocycles. The minimum absolute atomic E-state index is 0.0867. The predicted molar refractivity (Wildman–Crippen MR) is 86.3 cm³/mol. The number of nitrogens with one attached hydrogen (secondary N) is 1. The normalized spacial score (nSPS) is 17.3. The van der Waals surface area contributed by atoms with Gasteiger partial charge in [-0.2, -0.15) is 0 Å². The van der Waals surface area contributed by atoms with Crippen LogP contribution in [-0.4, -0.2) is 56.8 Å². The fourth-order valence-corrected chi connectivity index (χ4v) is 2.82. The Balaban J connectivity index is 1.98. The third-order valence-electron chi connectivity index (χ3n) is 4.11. The van der Waals surface area contributed by atoms with Crippen molar-refractivity contribution in [3.8, 4) is 5.75 Å². The number of carbonyl (C=O) groups is 1. The van der Waals surface area contributed by atoms with E-state index < -0.39 is 0 Å². The Hall–Kier alpha value is -1.59. The highest BCUT2D eigenvalue weighted by atomic mass is 16.5.